The van der Waals surface area contributed by atoms with E-state index in [1.54, 1.807) is 0 Å². The number of carbonyl (C=O) groups is 1. The highest BCUT2D eigenvalue weighted by molar-refractivity contribution is 5.90. The Balaban J connectivity index is 1.05. The van der Waals surface area contributed by atoms with E-state index in [1.807, 2.05) is 41.0 Å². The fraction of sp³-hybridized carbons (Fsp3) is 0.686. The van der Waals surface area contributed by atoms with Crippen LogP contribution < -0.4 is 26.6 Å². The van der Waals surface area contributed by atoms with E-state index in [0.29, 0.717) is 18.4 Å². The van der Waals surface area contributed by atoms with Crippen LogP contribution in [0.25, 0.3) is 10.9 Å². The summed E-state index contributed by atoms with van der Waals surface area (Å²) in [5, 5.41) is 27.2. The van der Waals surface area contributed by atoms with Crippen LogP contribution in [0.15, 0.2) is 30.5 Å². The number of carbonyl (C=O) groups excluding carboxylic acids is 1. The number of anilines is 2. The summed E-state index contributed by atoms with van der Waals surface area (Å²) in [6.07, 6.45) is 13.6. The first kappa shape index (κ1) is 35.0. The fourth-order valence-electron chi connectivity index (χ4n) is 6.75. The maximum absolute atomic E-state index is 13.1. The average Bonchev–Trinajstić information content (AvgIpc) is 3.55. The summed E-state index contributed by atoms with van der Waals surface area (Å²) in [5.74, 6) is 2.05. The quantitative estimate of drug-likeness (QED) is 0.128. The van der Waals surface area contributed by atoms with Gasteiger partial charge in [-0.2, -0.15) is 4.98 Å². The van der Waals surface area contributed by atoms with Gasteiger partial charge in [-0.15, -0.1) is 5.10 Å². The van der Waals surface area contributed by atoms with Gasteiger partial charge in [0, 0.05) is 37.1 Å². The monoisotopic (exact) mass is 647 g/mol. The molecule has 5 N–H and O–H groups in total. The molecule has 1 aromatic carbocycles. The number of hydrogen-bond acceptors (Lipinski definition) is 10. The van der Waals surface area contributed by atoms with Gasteiger partial charge in [0.05, 0.1) is 24.3 Å². The molecule has 2 aromatic heterocycles. The molecular formula is C35H57N11O. The molecule has 2 fully saturated rings. The number of benzene rings is 1. The molecule has 1 saturated heterocycles. The number of aromatic nitrogens is 5. The summed E-state index contributed by atoms with van der Waals surface area (Å²) in [5.41, 5.74) is 1.74. The number of aryl methyl sites for hydroxylation is 1. The van der Waals surface area contributed by atoms with Gasteiger partial charge in [0.2, 0.25) is 11.9 Å². The molecule has 12 nitrogen and oxygen atoms in total. The number of para-hydroxylation sites is 1. The van der Waals surface area contributed by atoms with Crippen LogP contribution in [0, 0.1) is 5.92 Å². The maximum atomic E-state index is 13.1. The Labute approximate surface area is 280 Å². The highest BCUT2D eigenvalue weighted by Gasteiger charge is 2.28. The Hall–Kier alpha value is -3.35. The normalized spacial score (nSPS) is 17.0. The van der Waals surface area contributed by atoms with E-state index < -0.39 is 0 Å². The van der Waals surface area contributed by atoms with Crippen LogP contribution >= 0.6 is 0 Å². The van der Waals surface area contributed by atoms with Crippen LogP contribution in [0.1, 0.15) is 83.7 Å². The Morgan fingerprint density at radius 2 is 1.74 bits per heavy atom. The first-order valence-electron chi connectivity index (χ1n) is 18.0. The molecule has 1 aliphatic carbocycles. The Morgan fingerprint density at radius 3 is 2.53 bits per heavy atom. The second-order valence-electron chi connectivity index (χ2n) is 13.7. The third-order valence-electron chi connectivity index (χ3n) is 9.43. The number of fused-ring (bicyclic) bond motifs is 1. The van der Waals surface area contributed by atoms with Gasteiger partial charge in [-0.3, -0.25) is 9.48 Å². The lowest BCUT2D eigenvalue weighted by atomic mass is 9.95. The summed E-state index contributed by atoms with van der Waals surface area (Å²) >= 11 is 0. The standard InChI is InChI=1S/C35H57N11O/c1-26(2)23-32(36-3)34(47)45-21-15-28(16-22-45)40-33-30-13-7-8-14-31(30)41-35(42-33)39-24-29-25-46(44-43-29)20-10-18-37-17-9-19-38-27-11-5-4-6-12-27/h7-8,13-14,25-28,32,36-38H,4-6,9-12,15-24H2,1-3H3,(H2,39,40,41,42). The lowest BCUT2D eigenvalue weighted by molar-refractivity contribution is -0.134. The van der Waals surface area contributed by atoms with E-state index in [9.17, 15) is 4.79 Å². The van der Waals surface area contributed by atoms with Crippen molar-refractivity contribution in [1.29, 1.82) is 0 Å². The number of hydrogen-bond donors (Lipinski definition) is 5. The number of nitrogens with one attached hydrogen (secondary N) is 5. The molecule has 1 aliphatic heterocycles. The van der Waals surface area contributed by atoms with Crippen LogP contribution in [0.3, 0.4) is 0 Å². The number of nitrogens with zero attached hydrogens (tertiary/aromatic N) is 6. The minimum atomic E-state index is -0.120. The zero-order valence-corrected chi connectivity index (χ0v) is 28.8. The molecule has 2 aliphatic rings. The lowest BCUT2D eigenvalue weighted by Gasteiger charge is -2.35. The highest BCUT2D eigenvalue weighted by Crippen LogP contribution is 2.25. The summed E-state index contributed by atoms with van der Waals surface area (Å²) in [7, 11) is 1.88. The zero-order chi connectivity index (χ0) is 32.8. The molecule has 1 atom stereocenters. The molecular weight excluding hydrogens is 590 g/mol. The van der Waals surface area contributed by atoms with Gasteiger partial charge in [-0.05, 0) is 89.7 Å². The van der Waals surface area contributed by atoms with Crippen molar-refractivity contribution in [2.45, 2.75) is 109 Å². The molecule has 258 valence electrons. The molecule has 3 heterocycles. The number of amides is 1. The van der Waals surface area contributed by atoms with Crippen molar-refractivity contribution in [3.63, 3.8) is 0 Å². The predicted octanol–water partition coefficient (Wildman–Crippen LogP) is 4.16. The Bertz CT molecular complexity index is 1360. The molecule has 1 amide bonds. The van der Waals surface area contributed by atoms with E-state index in [4.69, 9.17) is 9.97 Å². The fourth-order valence-corrected chi connectivity index (χ4v) is 6.75. The molecule has 0 radical (unpaired) electrons. The minimum absolute atomic E-state index is 0.120. The van der Waals surface area contributed by atoms with Crippen LogP contribution in [-0.4, -0.2) is 93.7 Å². The lowest BCUT2D eigenvalue weighted by Crippen LogP contribution is -2.50. The second-order valence-corrected chi connectivity index (χ2v) is 13.7. The van der Waals surface area contributed by atoms with E-state index in [0.717, 1.165) is 93.4 Å². The molecule has 47 heavy (non-hydrogen) atoms. The van der Waals surface area contributed by atoms with Crippen molar-refractivity contribution in [2.75, 3.05) is 50.4 Å². The average molecular weight is 648 g/mol. The van der Waals surface area contributed by atoms with Gasteiger partial charge in [0.25, 0.3) is 0 Å². The second kappa shape index (κ2) is 18.3. The van der Waals surface area contributed by atoms with E-state index >= 15 is 0 Å². The van der Waals surface area contributed by atoms with Crippen LogP contribution in [0.4, 0.5) is 11.8 Å². The predicted molar refractivity (Wildman–Crippen MR) is 189 cm³/mol. The van der Waals surface area contributed by atoms with Gasteiger partial charge in [0.1, 0.15) is 11.5 Å². The SMILES string of the molecule is CNC(CC(C)C)C(=O)N1CCC(Nc2nc(NCc3cn(CCCNCCCNC4CCCCC4)nn3)nc3ccccc23)CC1. The first-order chi connectivity index (χ1) is 23.0. The Kier molecular flexibility index (Phi) is 13.6. The topological polar surface area (TPSA) is 137 Å². The summed E-state index contributed by atoms with van der Waals surface area (Å²) in [6, 6.07) is 8.93. The molecule has 12 heteroatoms. The van der Waals surface area contributed by atoms with Gasteiger partial charge >= 0.3 is 0 Å². The smallest absolute Gasteiger partial charge is 0.239 e. The summed E-state index contributed by atoms with van der Waals surface area (Å²) < 4.78 is 1.91. The van der Waals surface area contributed by atoms with Crippen LogP contribution in [-0.2, 0) is 17.9 Å². The van der Waals surface area contributed by atoms with Gasteiger partial charge in [0.15, 0.2) is 0 Å². The summed E-state index contributed by atoms with van der Waals surface area (Å²) in [4.78, 5) is 24.7. The van der Waals surface area contributed by atoms with Gasteiger partial charge in [-0.1, -0.05) is 50.5 Å². The number of rotatable bonds is 18. The van der Waals surface area contributed by atoms with Crippen molar-refractivity contribution in [3.8, 4) is 0 Å². The first-order valence-corrected chi connectivity index (χ1v) is 18.0. The van der Waals surface area contributed by atoms with Crippen molar-refractivity contribution < 1.29 is 4.79 Å². The van der Waals surface area contributed by atoms with Crippen molar-refractivity contribution >= 4 is 28.6 Å². The molecule has 3 aromatic rings. The van der Waals surface area contributed by atoms with Crippen molar-refractivity contribution in [2.24, 2.45) is 5.92 Å². The molecule has 1 unspecified atom stereocenters. The highest BCUT2D eigenvalue weighted by atomic mass is 16.2. The molecule has 5 rings (SSSR count). The van der Waals surface area contributed by atoms with Crippen molar-refractivity contribution in [3.05, 3.63) is 36.2 Å². The third-order valence-corrected chi connectivity index (χ3v) is 9.43. The van der Waals surface area contributed by atoms with E-state index in [1.165, 1.54) is 38.5 Å². The van der Waals surface area contributed by atoms with Crippen LogP contribution in [0.5, 0.6) is 0 Å². The van der Waals surface area contributed by atoms with Gasteiger partial charge in [-0.25, -0.2) is 4.98 Å². The van der Waals surface area contributed by atoms with Crippen molar-refractivity contribution in [1.82, 2.24) is 45.8 Å². The van der Waals surface area contributed by atoms with Crippen LogP contribution in [0.2, 0.25) is 0 Å². The molecule has 0 bridgehead atoms. The molecule has 0 spiro atoms. The van der Waals surface area contributed by atoms with E-state index in [-0.39, 0.29) is 18.0 Å². The maximum Gasteiger partial charge on any atom is 0.239 e. The third kappa shape index (κ3) is 10.8. The number of likely N-dealkylation sites (N-methyl/N-ethyl adjacent to an activating group) is 1. The zero-order valence-electron chi connectivity index (χ0n) is 28.8. The number of piperidine rings is 1. The number of likely N-dealkylation sites (tertiary alicyclic amines) is 1. The Morgan fingerprint density at radius 1 is 0.957 bits per heavy atom. The minimum Gasteiger partial charge on any atom is -0.367 e. The van der Waals surface area contributed by atoms with E-state index in [2.05, 4.69) is 56.8 Å². The largest absolute Gasteiger partial charge is 0.367 e. The molecule has 1 saturated carbocycles. The van der Waals surface area contributed by atoms with Gasteiger partial charge < -0.3 is 31.5 Å². The summed E-state index contributed by atoms with van der Waals surface area (Å²) in [6.45, 7) is 10.2.